The molecule has 1 atom stereocenters. The number of hydrogen-bond donors (Lipinski definition) is 3. The van der Waals surface area contributed by atoms with Gasteiger partial charge in [-0.1, -0.05) is 26.0 Å². The van der Waals surface area contributed by atoms with Crippen LogP contribution < -0.4 is 10.6 Å². The van der Waals surface area contributed by atoms with Crippen LogP contribution >= 0.6 is 24.0 Å². The highest BCUT2D eigenvalue weighted by molar-refractivity contribution is 14.0. The first-order chi connectivity index (χ1) is 10.0. The van der Waals surface area contributed by atoms with Crippen LogP contribution in [0, 0.1) is 11.7 Å². The minimum Gasteiger partial charge on any atom is -0.386 e. The second-order valence-electron chi connectivity index (χ2n) is 5.40. The number of rotatable bonds is 7. The molecule has 0 bridgehead atoms. The highest BCUT2D eigenvalue weighted by Crippen LogP contribution is 2.13. The van der Waals surface area contributed by atoms with Crippen LogP contribution in [0.1, 0.15) is 38.9 Å². The Morgan fingerprint density at radius 3 is 2.41 bits per heavy atom. The Morgan fingerprint density at radius 2 is 1.86 bits per heavy atom. The maximum atomic E-state index is 12.8. The topological polar surface area (TPSA) is 56.7 Å². The SMILES string of the molecule is CCNC(=NCC(O)c1ccc(F)cc1)NCCC(C)C.I. The predicted octanol–water partition coefficient (Wildman–Crippen LogP) is 3.08. The molecule has 0 aliphatic carbocycles. The molecule has 0 saturated heterocycles. The molecule has 3 N–H and O–H groups in total. The summed E-state index contributed by atoms with van der Waals surface area (Å²) < 4.78 is 12.8. The number of nitrogens with zero attached hydrogens (tertiary/aromatic N) is 1. The fourth-order valence-electron chi connectivity index (χ4n) is 1.79. The van der Waals surface area contributed by atoms with Crippen LogP contribution in [-0.2, 0) is 0 Å². The third kappa shape index (κ3) is 8.53. The monoisotopic (exact) mass is 423 g/mol. The van der Waals surface area contributed by atoms with E-state index in [4.69, 9.17) is 0 Å². The molecule has 6 heteroatoms. The van der Waals surface area contributed by atoms with Crippen LogP contribution in [0.4, 0.5) is 4.39 Å². The number of aliphatic hydroxyl groups is 1. The van der Waals surface area contributed by atoms with E-state index in [-0.39, 0.29) is 36.3 Å². The standard InChI is InChI=1S/C16H26FN3O.HI/c1-4-18-16(19-10-9-12(2)3)20-11-15(21)13-5-7-14(17)8-6-13;/h5-8,12,15,21H,4,9-11H2,1-3H3,(H2,18,19,20);1H. The van der Waals surface area contributed by atoms with Gasteiger partial charge in [0, 0.05) is 13.1 Å². The van der Waals surface area contributed by atoms with E-state index >= 15 is 0 Å². The Kier molecular flexibility index (Phi) is 11.2. The van der Waals surface area contributed by atoms with E-state index in [1.165, 1.54) is 12.1 Å². The molecule has 0 aromatic heterocycles. The van der Waals surface area contributed by atoms with E-state index in [0.717, 1.165) is 19.5 Å². The molecule has 1 aromatic rings. The molecule has 22 heavy (non-hydrogen) atoms. The van der Waals surface area contributed by atoms with Gasteiger partial charge in [0.25, 0.3) is 0 Å². The van der Waals surface area contributed by atoms with Crippen molar-refractivity contribution in [2.45, 2.75) is 33.3 Å². The maximum Gasteiger partial charge on any atom is 0.191 e. The average Bonchev–Trinajstić information content (AvgIpc) is 2.44. The van der Waals surface area contributed by atoms with E-state index < -0.39 is 6.10 Å². The zero-order valence-corrected chi connectivity index (χ0v) is 15.8. The largest absolute Gasteiger partial charge is 0.386 e. The van der Waals surface area contributed by atoms with Gasteiger partial charge in [-0.25, -0.2) is 4.39 Å². The maximum absolute atomic E-state index is 12.8. The molecule has 0 aliphatic rings. The Morgan fingerprint density at radius 1 is 1.23 bits per heavy atom. The van der Waals surface area contributed by atoms with Crippen LogP contribution in [0.5, 0.6) is 0 Å². The lowest BCUT2D eigenvalue weighted by molar-refractivity contribution is 0.187. The zero-order chi connectivity index (χ0) is 15.7. The van der Waals surface area contributed by atoms with Crippen molar-refractivity contribution in [1.82, 2.24) is 10.6 Å². The Balaban J connectivity index is 0.00000441. The van der Waals surface area contributed by atoms with Crippen molar-refractivity contribution in [3.63, 3.8) is 0 Å². The average molecular weight is 423 g/mol. The summed E-state index contributed by atoms with van der Waals surface area (Å²) in [6, 6.07) is 5.84. The van der Waals surface area contributed by atoms with Gasteiger partial charge in [0.2, 0.25) is 0 Å². The minimum atomic E-state index is -0.730. The molecule has 0 fully saturated rings. The molecule has 0 saturated carbocycles. The van der Waals surface area contributed by atoms with Crippen molar-refractivity contribution < 1.29 is 9.50 Å². The number of halogens is 2. The summed E-state index contributed by atoms with van der Waals surface area (Å²) in [5.74, 6) is 1.02. The van der Waals surface area contributed by atoms with Crippen LogP contribution in [0.25, 0.3) is 0 Å². The number of aliphatic hydroxyl groups excluding tert-OH is 1. The zero-order valence-electron chi connectivity index (χ0n) is 13.5. The summed E-state index contributed by atoms with van der Waals surface area (Å²) in [4.78, 5) is 4.36. The van der Waals surface area contributed by atoms with Gasteiger partial charge in [-0.3, -0.25) is 4.99 Å². The second-order valence-corrected chi connectivity index (χ2v) is 5.40. The number of aliphatic imine (C=N–C) groups is 1. The van der Waals surface area contributed by atoms with E-state index in [1.54, 1.807) is 12.1 Å². The van der Waals surface area contributed by atoms with Gasteiger partial charge in [0.1, 0.15) is 5.82 Å². The number of benzene rings is 1. The lowest BCUT2D eigenvalue weighted by Gasteiger charge is -2.14. The highest BCUT2D eigenvalue weighted by Gasteiger charge is 2.07. The smallest absolute Gasteiger partial charge is 0.191 e. The van der Waals surface area contributed by atoms with Gasteiger partial charge in [-0.2, -0.15) is 0 Å². The molecular weight excluding hydrogens is 396 g/mol. The van der Waals surface area contributed by atoms with Gasteiger partial charge in [0.15, 0.2) is 5.96 Å². The normalized spacial score (nSPS) is 12.7. The molecule has 0 heterocycles. The van der Waals surface area contributed by atoms with Crippen LogP contribution in [0.3, 0.4) is 0 Å². The lowest BCUT2D eigenvalue weighted by Crippen LogP contribution is -2.38. The quantitative estimate of drug-likeness (QED) is 0.359. The Hall–Kier alpha value is -0.890. The fraction of sp³-hybridized carbons (Fsp3) is 0.562. The number of hydrogen-bond acceptors (Lipinski definition) is 2. The summed E-state index contributed by atoms with van der Waals surface area (Å²) in [7, 11) is 0. The minimum absolute atomic E-state index is 0. The molecule has 0 amide bonds. The number of guanidine groups is 1. The van der Waals surface area contributed by atoms with Crippen LogP contribution in [0.2, 0.25) is 0 Å². The van der Waals surface area contributed by atoms with Gasteiger partial charge in [0.05, 0.1) is 12.6 Å². The molecule has 1 unspecified atom stereocenters. The first-order valence-electron chi connectivity index (χ1n) is 7.48. The molecule has 1 aromatic carbocycles. The molecule has 1 rings (SSSR count). The van der Waals surface area contributed by atoms with Crippen molar-refractivity contribution in [1.29, 1.82) is 0 Å². The summed E-state index contributed by atoms with van der Waals surface area (Å²) in [6.45, 7) is 8.18. The van der Waals surface area contributed by atoms with Crippen molar-refractivity contribution in [3.05, 3.63) is 35.6 Å². The lowest BCUT2D eigenvalue weighted by atomic mass is 10.1. The van der Waals surface area contributed by atoms with Gasteiger partial charge in [-0.15, -0.1) is 24.0 Å². The molecule has 126 valence electrons. The summed E-state index contributed by atoms with van der Waals surface area (Å²) >= 11 is 0. The van der Waals surface area contributed by atoms with E-state index in [1.807, 2.05) is 6.92 Å². The first kappa shape index (κ1) is 21.1. The highest BCUT2D eigenvalue weighted by atomic mass is 127. The van der Waals surface area contributed by atoms with Crippen LogP contribution in [-0.4, -0.2) is 30.7 Å². The number of nitrogens with one attached hydrogen (secondary N) is 2. The van der Waals surface area contributed by atoms with Crippen molar-refractivity contribution >= 4 is 29.9 Å². The van der Waals surface area contributed by atoms with E-state index in [2.05, 4.69) is 29.5 Å². The van der Waals surface area contributed by atoms with Gasteiger partial charge >= 0.3 is 0 Å². The van der Waals surface area contributed by atoms with E-state index in [9.17, 15) is 9.50 Å². The third-order valence-electron chi connectivity index (χ3n) is 3.04. The summed E-state index contributed by atoms with van der Waals surface area (Å²) in [5, 5.41) is 16.4. The molecule has 0 spiro atoms. The Labute approximate surface area is 149 Å². The van der Waals surface area contributed by atoms with Gasteiger partial charge < -0.3 is 15.7 Å². The second kappa shape index (κ2) is 11.6. The summed E-state index contributed by atoms with van der Waals surface area (Å²) in [6.07, 6.45) is 0.330. The van der Waals surface area contributed by atoms with Crippen LogP contribution in [0.15, 0.2) is 29.3 Å². The van der Waals surface area contributed by atoms with Crippen molar-refractivity contribution in [2.75, 3.05) is 19.6 Å². The molecular formula is C16H27FIN3O. The van der Waals surface area contributed by atoms with E-state index in [0.29, 0.717) is 17.4 Å². The van der Waals surface area contributed by atoms with Crippen molar-refractivity contribution in [3.8, 4) is 0 Å². The fourth-order valence-corrected chi connectivity index (χ4v) is 1.79. The van der Waals surface area contributed by atoms with Gasteiger partial charge in [-0.05, 0) is 37.0 Å². The third-order valence-corrected chi connectivity index (χ3v) is 3.04. The summed E-state index contributed by atoms with van der Waals surface area (Å²) in [5.41, 5.74) is 0.665. The molecule has 0 aliphatic heterocycles. The Bertz CT molecular complexity index is 438. The van der Waals surface area contributed by atoms with Crippen molar-refractivity contribution in [2.24, 2.45) is 10.9 Å². The molecule has 4 nitrogen and oxygen atoms in total. The first-order valence-corrected chi connectivity index (χ1v) is 7.48. The molecule has 0 radical (unpaired) electrons. The predicted molar refractivity (Wildman–Crippen MR) is 100 cm³/mol.